The number of amides is 1. The molecule has 1 amide bonds. The van der Waals surface area contributed by atoms with E-state index < -0.39 is 0 Å². The fourth-order valence-electron chi connectivity index (χ4n) is 1.01. The van der Waals surface area contributed by atoms with E-state index in [1.807, 2.05) is 0 Å². The third kappa shape index (κ3) is 1.01. The maximum atomic E-state index is 10.1. The Balaban J connectivity index is 2.54. The lowest BCUT2D eigenvalue weighted by atomic mass is 10.5. The molecule has 2 heterocycles. The lowest BCUT2D eigenvalue weighted by Gasteiger charge is -1.87. The first-order chi connectivity index (χ1) is 5.90. The first-order valence-electron chi connectivity index (χ1n) is 3.39. The van der Waals surface area contributed by atoms with Crippen LogP contribution in [0.2, 0.25) is 0 Å². The summed E-state index contributed by atoms with van der Waals surface area (Å²) < 4.78 is 1.64. The number of carbonyl (C=O) groups excluding carboxylic acids is 1. The molecule has 2 rings (SSSR count). The van der Waals surface area contributed by atoms with Crippen LogP contribution in [0.4, 0.5) is 5.69 Å². The smallest absolute Gasteiger partial charge is 0.211 e. The third-order valence-electron chi connectivity index (χ3n) is 1.50. The third-order valence-corrected chi connectivity index (χ3v) is 1.50. The summed E-state index contributed by atoms with van der Waals surface area (Å²) in [6, 6.07) is 1.79. The number of hydrogen-bond acceptors (Lipinski definition) is 3. The van der Waals surface area contributed by atoms with Crippen LogP contribution >= 0.6 is 0 Å². The standard InChI is InChI=1S/C7H6N4O/c12-5-9-6-1-7-2-8-4-10-11(7)3-6/h1-5H,(H,9,12). The average Bonchev–Trinajstić information content (AvgIpc) is 2.47. The molecule has 60 valence electrons. The number of fused-ring (bicyclic) bond motifs is 1. The molecule has 12 heavy (non-hydrogen) atoms. The topological polar surface area (TPSA) is 59.3 Å². The minimum Gasteiger partial charge on any atom is -0.327 e. The van der Waals surface area contributed by atoms with Gasteiger partial charge < -0.3 is 5.32 Å². The predicted molar refractivity (Wildman–Crippen MR) is 42.7 cm³/mol. The molecule has 2 aromatic rings. The fourth-order valence-corrected chi connectivity index (χ4v) is 1.01. The Kier molecular flexibility index (Phi) is 1.48. The Hall–Kier alpha value is -1.91. The maximum Gasteiger partial charge on any atom is 0.211 e. The summed E-state index contributed by atoms with van der Waals surface area (Å²) in [4.78, 5) is 13.9. The van der Waals surface area contributed by atoms with Crippen molar-refractivity contribution >= 4 is 17.6 Å². The molecule has 2 aromatic heterocycles. The molecule has 0 spiro atoms. The van der Waals surface area contributed by atoms with Crippen molar-refractivity contribution in [3.63, 3.8) is 0 Å². The minimum absolute atomic E-state index is 0.627. The number of carbonyl (C=O) groups is 1. The second-order valence-corrected chi connectivity index (χ2v) is 2.27. The maximum absolute atomic E-state index is 10.1. The van der Waals surface area contributed by atoms with Gasteiger partial charge in [0.05, 0.1) is 23.6 Å². The van der Waals surface area contributed by atoms with Crippen molar-refractivity contribution in [2.45, 2.75) is 0 Å². The van der Waals surface area contributed by atoms with Crippen LogP contribution in [0.5, 0.6) is 0 Å². The molecule has 0 bridgehead atoms. The van der Waals surface area contributed by atoms with Crippen LogP contribution in [0.25, 0.3) is 5.52 Å². The first kappa shape index (κ1) is 6.78. The van der Waals surface area contributed by atoms with E-state index in [4.69, 9.17) is 0 Å². The molecule has 0 aliphatic carbocycles. The van der Waals surface area contributed by atoms with Crippen molar-refractivity contribution < 1.29 is 4.79 Å². The Labute approximate surface area is 68.0 Å². The molecule has 0 aliphatic heterocycles. The predicted octanol–water partition coefficient (Wildman–Crippen LogP) is 0.298. The summed E-state index contributed by atoms with van der Waals surface area (Å²) in [6.07, 6.45) is 5.45. The summed E-state index contributed by atoms with van der Waals surface area (Å²) in [7, 11) is 0. The van der Waals surface area contributed by atoms with Crippen molar-refractivity contribution in [1.29, 1.82) is 0 Å². The van der Waals surface area contributed by atoms with Gasteiger partial charge in [-0.15, -0.1) is 0 Å². The van der Waals surface area contributed by atoms with Crippen molar-refractivity contribution in [1.82, 2.24) is 14.6 Å². The van der Waals surface area contributed by atoms with Gasteiger partial charge in [0, 0.05) is 0 Å². The number of nitrogens with zero attached hydrogens (tertiary/aromatic N) is 3. The van der Waals surface area contributed by atoms with Crippen LogP contribution in [0.15, 0.2) is 24.8 Å². The fraction of sp³-hybridized carbons (Fsp3) is 0. The molecule has 0 saturated carbocycles. The van der Waals surface area contributed by atoms with Crippen molar-refractivity contribution in [3.05, 3.63) is 24.8 Å². The molecule has 5 nitrogen and oxygen atoms in total. The summed E-state index contributed by atoms with van der Waals surface area (Å²) in [5, 5.41) is 6.46. The van der Waals surface area contributed by atoms with Gasteiger partial charge in [0.1, 0.15) is 6.33 Å². The second-order valence-electron chi connectivity index (χ2n) is 2.27. The monoisotopic (exact) mass is 162 g/mol. The van der Waals surface area contributed by atoms with Gasteiger partial charge >= 0.3 is 0 Å². The van der Waals surface area contributed by atoms with Gasteiger partial charge in [0.15, 0.2) is 0 Å². The zero-order valence-corrected chi connectivity index (χ0v) is 6.14. The summed E-state index contributed by atoms with van der Waals surface area (Å²) >= 11 is 0. The largest absolute Gasteiger partial charge is 0.327 e. The number of hydrogen-bond donors (Lipinski definition) is 1. The molecule has 0 aliphatic rings. The number of aromatic nitrogens is 3. The highest BCUT2D eigenvalue weighted by Crippen LogP contribution is 2.10. The van der Waals surface area contributed by atoms with Gasteiger partial charge in [-0.1, -0.05) is 0 Å². The summed E-state index contributed by atoms with van der Waals surface area (Å²) in [6.45, 7) is 0. The molecule has 5 heteroatoms. The lowest BCUT2D eigenvalue weighted by Crippen LogP contribution is -1.91. The normalized spacial score (nSPS) is 10.0. The van der Waals surface area contributed by atoms with Crippen molar-refractivity contribution in [3.8, 4) is 0 Å². The molecule has 0 saturated heterocycles. The summed E-state index contributed by atoms with van der Waals surface area (Å²) in [5.74, 6) is 0. The van der Waals surface area contributed by atoms with Gasteiger partial charge in [0.2, 0.25) is 6.41 Å². The van der Waals surface area contributed by atoms with Gasteiger partial charge in [-0.25, -0.2) is 9.50 Å². The van der Waals surface area contributed by atoms with Gasteiger partial charge in [0.25, 0.3) is 0 Å². The second kappa shape index (κ2) is 2.61. The van der Waals surface area contributed by atoms with E-state index in [0.29, 0.717) is 12.1 Å². The average molecular weight is 162 g/mol. The molecule has 0 atom stereocenters. The van der Waals surface area contributed by atoms with E-state index in [0.717, 1.165) is 5.52 Å². The number of rotatable bonds is 2. The van der Waals surface area contributed by atoms with Crippen molar-refractivity contribution in [2.75, 3.05) is 5.32 Å². The van der Waals surface area contributed by atoms with E-state index in [9.17, 15) is 4.79 Å². The molecule has 0 aromatic carbocycles. The quantitative estimate of drug-likeness (QED) is 0.646. The van der Waals surface area contributed by atoms with E-state index in [-0.39, 0.29) is 0 Å². The van der Waals surface area contributed by atoms with Crippen LogP contribution in [0, 0.1) is 0 Å². The van der Waals surface area contributed by atoms with E-state index in [1.165, 1.54) is 6.33 Å². The van der Waals surface area contributed by atoms with Crippen LogP contribution in [0.1, 0.15) is 0 Å². The highest BCUT2D eigenvalue weighted by atomic mass is 16.1. The SMILES string of the molecule is O=CNc1cc2cncnn2c1. The molecule has 0 radical (unpaired) electrons. The van der Waals surface area contributed by atoms with Gasteiger partial charge in [-0.05, 0) is 6.07 Å². The molecule has 0 fully saturated rings. The zero-order valence-electron chi connectivity index (χ0n) is 6.14. The summed E-state index contributed by atoms with van der Waals surface area (Å²) in [5.41, 5.74) is 1.56. The Bertz CT molecular complexity index is 375. The Morgan fingerprint density at radius 2 is 2.50 bits per heavy atom. The lowest BCUT2D eigenvalue weighted by molar-refractivity contribution is -0.105. The number of nitrogens with one attached hydrogen (secondary N) is 1. The molecule has 1 N–H and O–H groups in total. The Morgan fingerprint density at radius 1 is 1.58 bits per heavy atom. The van der Waals surface area contributed by atoms with Crippen LogP contribution < -0.4 is 5.32 Å². The van der Waals surface area contributed by atoms with Gasteiger partial charge in [-0.3, -0.25) is 4.79 Å². The molecular formula is C7H6N4O. The number of anilines is 1. The molecular weight excluding hydrogens is 156 g/mol. The van der Waals surface area contributed by atoms with E-state index in [1.54, 1.807) is 23.0 Å². The van der Waals surface area contributed by atoms with Crippen LogP contribution in [-0.4, -0.2) is 21.0 Å². The first-order valence-corrected chi connectivity index (χ1v) is 3.39. The van der Waals surface area contributed by atoms with E-state index in [2.05, 4.69) is 15.4 Å². The highest BCUT2D eigenvalue weighted by Gasteiger charge is 1.97. The molecule has 0 unspecified atom stereocenters. The van der Waals surface area contributed by atoms with E-state index >= 15 is 0 Å². The van der Waals surface area contributed by atoms with Crippen LogP contribution in [-0.2, 0) is 4.79 Å². The van der Waals surface area contributed by atoms with Crippen molar-refractivity contribution in [2.24, 2.45) is 0 Å². The van der Waals surface area contributed by atoms with Gasteiger partial charge in [-0.2, -0.15) is 5.10 Å². The zero-order chi connectivity index (χ0) is 8.39. The highest BCUT2D eigenvalue weighted by molar-refractivity contribution is 5.74. The minimum atomic E-state index is 0.627. The van der Waals surface area contributed by atoms with Crippen LogP contribution in [0.3, 0.4) is 0 Å². The Morgan fingerprint density at radius 3 is 3.25 bits per heavy atom.